The van der Waals surface area contributed by atoms with E-state index in [0.29, 0.717) is 18.0 Å². The predicted octanol–water partition coefficient (Wildman–Crippen LogP) is 2.51. The Morgan fingerprint density at radius 1 is 1.41 bits per heavy atom. The van der Waals surface area contributed by atoms with E-state index in [2.05, 4.69) is 5.32 Å². The number of aromatic nitrogens is 1. The van der Waals surface area contributed by atoms with Gasteiger partial charge in [0.25, 0.3) is 5.56 Å². The molecule has 0 bridgehead atoms. The van der Waals surface area contributed by atoms with E-state index < -0.39 is 5.60 Å². The summed E-state index contributed by atoms with van der Waals surface area (Å²) in [7, 11) is 0. The van der Waals surface area contributed by atoms with Crippen LogP contribution < -0.4 is 10.9 Å². The van der Waals surface area contributed by atoms with E-state index in [9.17, 15) is 9.90 Å². The van der Waals surface area contributed by atoms with Crippen molar-refractivity contribution in [2.45, 2.75) is 49.1 Å². The zero-order chi connectivity index (χ0) is 15.8. The van der Waals surface area contributed by atoms with Crippen molar-refractivity contribution in [3.63, 3.8) is 0 Å². The molecule has 2 heterocycles. The van der Waals surface area contributed by atoms with Gasteiger partial charge in [0.2, 0.25) is 0 Å². The normalized spacial score (nSPS) is 27.4. The number of hydrogen-bond acceptors (Lipinski definition) is 4. The molecule has 1 aliphatic carbocycles. The lowest BCUT2D eigenvalue weighted by molar-refractivity contribution is -0.115. The first-order valence-corrected chi connectivity index (χ1v) is 9.47. The van der Waals surface area contributed by atoms with E-state index in [1.807, 2.05) is 6.26 Å². The van der Waals surface area contributed by atoms with Crippen molar-refractivity contribution < 1.29 is 5.11 Å². The van der Waals surface area contributed by atoms with Crippen molar-refractivity contribution in [2.75, 3.05) is 19.3 Å². The Morgan fingerprint density at radius 3 is 2.82 bits per heavy atom. The monoisotopic (exact) mass is 342 g/mol. The van der Waals surface area contributed by atoms with Crippen LogP contribution in [0.2, 0.25) is 5.02 Å². The van der Waals surface area contributed by atoms with Gasteiger partial charge in [-0.1, -0.05) is 24.4 Å². The Balaban J connectivity index is 1.95. The lowest BCUT2D eigenvalue weighted by Gasteiger charge is -2.49. The third kappa shape index (κ3) is 2.73. The Morgan fingerprint density at radius 2 is 2.14 bits per heavy atom. The molecule has 1 unspecified atom stereocenters. The molecule has 2 aliphatic rings. The first-order chi connectivity index (χ1) is 10.5. The molecule has 3 rings (SSSR count). The van der Waals surface area contributed by atoms with Gasteiger partial charge in [-0.05, 0) is 32.1 Å². The quantitative estimate of drug-likeness (QED) is 0.829. The molecule has 1 atom stereocenters. The lowest BCUT2D eigenvalue weighted by atomic mass is 9.66. The highest BCUT2D eigenvalue weighted by molar-refractivity contribution is 7.98. The minimum absolute atomic E-state index is 0.0934. The molecule has 2 N–H and O–H groups in total. The van der Waals surface area contributed by atoms with Gasteiger partial charge in [0.1, 0.15) is 0 Å². The van der Waals surface area contributed by atoms with E-state index in [0.717, 1.165) is 43.7 Å². The summed E-state index contributed by atoms with van der Waals surface area (Å²) in [6.45, 7) is 2.01. The van der Waals surface area contributed by atoms with Gasteiger partial charge in [0.15, 0.2) is 0 Å². The molecule has 122 valence electrons. The molecule has 22 heavy (non-hydrogen) atoms. The third-order valence-electron chi connectivity index (χ3n) is 5.42. The summed E-state index contributed by atoms with van der Waals surface area (Å²) in [5, 5.41) is 15.3. The third-order valence-corrected chi connectivity index (χ3v) is 6.61. The summed E-state index contributed by atoms with van der Waals surface area (Å²) in [4.78, 5) is 13.1. The van der Waals surface area contributed by atoms with Gasteiger partial charge in [0, 0.05) is 29.1 Å². The summed E-state index contributed by atoms with van der Waals surface area (Å²) in [6, 6.07) is 1.46. The number of rotatable bonds is 3. The number of hydrogen-bond donors (Lipinski definition) is 2. The summed E-state index contributed by atoms with van der Waals surface area (Å²) in [6.07, 6.45) is 8.82. The fourth-order valence-electron chi connectivity index (χ4n) is 4.08. The van der Waals surface area contributed by atoms with Crippen molar-refractivity contribution >= 4 is 23.4 Å². The van der Waals surface area contributed by atoms with Crippen LogP contribution >= 0.6 is 23.4 Å². The molecule has 1 aromatic heterocycles. The largest absolute Gasteiger partial charge is 0.387 e. The molecule has 1 aliphatic heterocycles. The average molecular weight is 343 g/mol. The second kappa shape index (κ2) is 6.19. The first kappa shape index (κ1) is 16.4. The molecule has 1 spiro atoms. The van der Waals surface area contributed by atoms with Crippen LogP contribution in [0.15, 0.2) is 22.0 Å². The highest BCUT2D eigenvalue weighted by Gasteiger charge is 2.53. The second-order valence-corrected chi connectivity index (χ2v) is 7.86. The Kier molecular flexibility index (Phi) is 4.61. The van der Waals surface area contributed by atoms with Gasteiger partial charge in [0.05, 0.1) is 17.2 Å². The lowest BCUT2D eigenvalue weighted by Crippen LogP contribution is -2.60. The smallest absolute Gasteiger partial charge is 0.252 e. The zero-order valence-electron chi connectivity index (χ0n) is 12.9. The predicted molar refractivity (Wildman–Crippen MR) is 90.8 cm³/mol. The standard InChI is InChI=1S/C16H23ClN2O2S/c1-22-13-9-19(14(20)8-12(13)17)11-16(21)6-7-18-10-15(16)4-2-3-5-15/h8-9,18,21H,2-7,10-11H2,1H3. The van der Waals surface area contributed by atoms with Crippen molar-refractivity contribution in [3.8, 4) is 0 Å². The van der Waals surface area contributed by atoms with Crippen molar-refractivity contribution in [1.82, 2.24) is 9.88 Å². The van der Waals surface area contributed by atoms with Crippen LogP contribution in [-0.4, -0.2) is 34.6 Å². The van der Waals surface area contributed by atoms with Crippen LogP contribution in [0.3, 0.4) is 0 Å². The number of pyridine rings is 1. The molecule has 6 heteroatoms. The minimum atomic E-state index is -0.817. The molecular weight excluding hydrogens is 320 g/mol. The molecule has 0 aromatic carbocycles. The Hall–Kier alpha value is -0.490. The van der Waals surface area contributed by atoms with Gasteiger partial charge in [-0.25, -0.2) is 0 Å². The van der Waals surface area contributed by atoms with E-state index in [4.69, 9.17) is 11.6 Å². The van der Waals surface area contributed by atoms with E-state index in [1.54, 1.807) is 10.8 Å². The maximum Gasteiger partial charge on any atom is 0.252 e. The maximum atomic E-state index is 12.3. The summed E-state index contributed by atoms with van der Waals surface area (Å²) < 4.78 is 1.64. The fraction of sp³-hybridized carbons (Fsp3) is 0.688. The first-order valence-electron chi connectivity index (χ1n) is 7.87. The van der Waals surface area contributed by atoms with E-state index in [-0.39, 0.29) is 11.0 Å². The number of nitrogens with zero attached hydrogens (tertiary/aromatic N) is 1. The van der Waals surface area contributed by atoms with Crippen LogP contribution in [0.25, 0.3) is 0 Å². The topological polar surface area (TPSA) is 54.3 Å². The molecular formula is C16H23ClN2O2S. The SMILES string of the molecule is CSc1cn(CC2(O)CCNCC23CCCC3)c(=O)cc1Cl. The van der Waals surface area contributed by atoms with Gasteiger partial charge in [-0.15, -0.1) is 11.8 Å². The maximum absolute atomic E-state index is 12.3. The van der Waals surface area contributed by atoms with Crippen molar-refractivity contribution in [3.05, 3.63) is 27.6 Å². The number of nitrogens with one attached hydrogen (secondary N) is 1. The molecule has 4 nitrogen and oxygen atoms in total. The van der Waals surface area contributed by atoms with Crippen molar-refractivity contribution in [2.24, 2.45) is 5.41 Å². The Bertz CT molecular complexity index is 613. The number of aliphatic hydroxyl groups is 1. The summed E-state index contributed by atoms with van der Waals surface area (Å²) in [5.41, 5.74) is -1.05. The Labute approximate surface area is 140 Å². The van der Waals surface area contributed by atoms with Gasteiger partial charge < -0.3 is 15.0 Å². The van der Waals surface area contributed by atoms with Crippen LogP contribution in [0.1, 0.15) is 32.1 Å². The zero-order valence-corrected chi connectivity index (χ0v) is 14.5. The summed E-state index contributed by atoms with van der Waals surface area (Å²) >= 11 is 7.61. The van der Waals surface area contributed by atoms with Crippen LogP contribution in [-0.2, 0) is 6.54 Å². The van der Waals surface area contributed by atoms with Gasteiger partial charge >= 0.3 is 0 Å². The molecule has 2 fully saturated rings. The van der Waals surface area contributed by atoms with Crippen LogP contribution in [0, 0.1) is 5.41 Å². The van der Waals surface area contributed by atoms with E-state index in [1.165, 1.54) is 17.8 Å². The highest BCUT2D eigenvalue weighted by Crippen LogP contribution is 2.49. The molecule has 1 saturated heterocycles. The second-order valence-electron chi connectivity index (χ2n) is 6.60. The average Bonchev–Trinajstić information content (AvgIpc) is 2.96. The highest BCUT2D eigenvalue weighted by atomic mass is 35.5. The van der Waals surface area contributed by atoms with Crippen LogP contribution in [0.5, 0.6) is 0 Å². The number of thioether (sulfide) groups is 1. The molecule has 1 saturated carbocycles. The minimum Gasteiger partial charge on any atom is -0.387 e. The van der Waals surface area contributed by atoms with Crippen molar-refractivity contribution in [1.29, 1.82) is 0 Å². The number of piperidine rings is 1. The number of halogens is 1. The molecule has 0 radical (unpaired) electrons. The van der Waals surface area contributed by atoms with Crippen LogP contribution in [0.4, 0.5) is 0 Å². The van der Waals surface area contributed by atoms with Gasteiger partial charge in [-0.2, -0.15) is 0 Å². The van der Waals surface area contributed by atoms with E-state index >= 15 is 0 Å². The molecule has 0 amide bonds. The molecule has 1 aromatic rings. The fourth-order valence-corrected chi connectivity index (χ4v) is 4.94. The van der Waals surface area contributed by atoms with Gasteiger partial charge in [-0.3, -0.25) is 4.79 Å². The summed E-state index contributed by atoms with van der Waals surface area (Å²) in [5.74, 6) is 0.